The summed E-state index contributed by atoms with van der Waals surface area (Å²) in [6.45, 7) is 0.780. The first-order valence-corrected chi connectivity index (χ1v) is 13.3. The predicted molar refractivity (Wildman–Crippen MR) is 139 cm³/mol. The number of rotatable bonds is 6. The number of halogens is 2. The third kappa shape index (κ3) is 5.27. The van der Waals surface area contributed by atoms with Gasteiger partial charge in [-0.3, -0.25) is 5.10 Å². The number of aromatic amines is 1. The van der Waals surface area contributed by atoms with Crippen LogP contribution in [-0.2, 0) is 13.0 Å². The molecule has 3 aliphatic rings. The van der Waals surface area contributed by atoms with Gasteiger partial charge in [0, 0.05) is 56.1 Å². The molecule has 2 saturated carbocycles. The molecule has 0 spiro atoms. The zero-order valence-electron chi connectivity index (χ0n) is 21.4. The molecule has 200 valence electrons. The summed E-state index contributed by atoms with van der Waals surface area (Å²) >= 11 is 0. The van der Waals surface area contributed by atoms with Gasteiger partial charge in [-0.25, -0.2) is 18.6 Å². The van der Waals surface area contributed by atoms with Crippen molar-refractivity contribution >= 4 is 23.6 Å². The fourth-order valence-corrected chi connectivity index (χ4v) is 5.48. The van der Waals surface area contributed by atoms with Gasteiger partial charge in [0.25, 0.3) is 0 Å². The molecular formula is C27H32F2N8O. The molecule has 2 amide bonds. The second-order valence-corrected chi connectivity index (χ2v) is 10.6. The number of hydrogen-bond acceptors (Lipinski definition) is 6. The van der Waals surface area contributed by atoms with Crippen LogP contribution in [0, 0.1) is 11.6 Å². The number of amides is 2. The number of H-pyrrole nitrogens is 1. The predicted octanol–water partition coefficient (Wildman–Crippen LogP) is 4.61. The Balaban J connectivity index is 1.00. The van der Waals surface area contributed by atoms with E-state index in [-0.39, 0.29) is 18.1 Å². The van der Waals surface area contributed by atoms with Crippen molar-refractivity contribution in [2.75, 3.05) is 23.8 Å². The van der Waals surface area contributed by atoms with E-state index in [0.717, 1.165) is 42.8 Å². The number of anilines is 3. The lowest BCUT2D eigenvalue weighted by Crippen LogP contribution is -2.49. The molecular weight excluding hydrogens is 490 g/mol. The largest absolute Gasteiger partial charge is 0.341 e. The number of carbonyl (C=O) groups excluding carboxylic acids is 1. The Labute approximate surface area is 220 Å². The molecule has 2 aromatic heterocycles. The normalized spacial score (nSPS) is 21.1. The fraction of sp³-hybridized carbons (Fsp3) is 0.481. The number of aromatic nitrogens is 4. The number of hydrogen-bond donors (Lipinski definition) is 3. The van der Waals surface area contributed by atoms with Crippen LogP contribution in [0.1, 0.15) is 61.3 Å². The van der Waals surface area contributed by atoms with E-state index in [4.69, 9.17) is 4.98 Å². The maximum atomic E-state index is 13.7. The molecule has 2 fully saturated rings. The number of benzene rings is 1. The standard InChI is InChI=1S/C27H32F2N8O/c1-36(26-30-10-8-24(33-26)32-25-14-23(34-35-25)16-2-3-16)20-6-4-19(5-7-20)31-27(38)37-11-9-17-12-21(28)22(29)13-18(17)15-37/h8,10,12-14,16,19-20H,2-7,9,11,15H2,1H3,(H,31,38)(H2,30,32,33,34,35). The first-order chi connectivity index (χ1) is 18.4. The van der Waals surface area contributed by atoms with Crippen LogP contribution in [0.5, 0.6) is 0 Å². The highest BCUT2D eigenvalue weighted by molar-refractivity contribution is 5.75. The Bertz CT molecular complexity index is 1320. The molecule has 0 bridgehead atoms. The second kappa shape index (κ2) is 10.2. The van der Waals surface area contributed by atoms with E-state index in [1.807, 2.05) is 19.2 Å². The van der Waals surface area contributed by atoms with Crippen LogP contribution in [0.25, 0.3) is 0 Å². The zero-order valence-corrected chi connectivity index (χ0v) is 21.4. The second-order valence-electron chi connectivity index (χ2n) is 10.6. The van der Waals surface area contributed by atoms with Gasteiger partial charge in [0.05, 0.1) is 0 Å². The summed E-state index contributed by atoms with van der Waals surface area (Å²) in [6, 6.07) is 6.52. The van der Waals surface area contributed by atoms with Gasteiger partial charge in [0.1, 0.15) is 5.82 Å². The molecule has 3 aromatic rings. The lowest BCUT2D eigenvalue weighted by Gasteiger charge is -2.36. The van der Waals surface area contributed by atoms with Crippen LogP contribution < -0.4 is 15.5 Å². The van der Waals surface area contributed by atoms with Crippen molar-refractivity contribution in [2.24, 2.45) is 0 Å². The van der Waals surface area contributed by atoms with Gasteiger partial charge in [-0.2, -0.15) is 10.1 Å². The Kier molecular flexibility index (Phi) is 6.59. The van der Waals surface area contributed by atoms with Crippen LogP contribution in [0.2, 0.25) is 0 Å². The summed E-state index contributed by atoms with van der Waals surface area (Å²) < 4.78 is 27.2. The molecule has 1 aliphatic heterocycles. The molecule has 38 heavy (non-hydrogen) atoms. The van der Waals surface area contributed by atoms with Crippen molar-refractivity contribution in [3.8, 4) is 0 Å². The Morgan fingerprint density at radius 2 is 1.82 bits per heavy atom. The Hall–Kier alpha value is -3.76. The van der Waals surface area contributed by atoms with Gasteiger partial charge in [-0.05, 0) is 74.3 Å². The van der Waals surface area contributed by atoms with Crippen LogP contribution >= 0.6 is 0 Å². The van der Waals surface area contributed by atoms with Gasteiger partial charge in [-0.1, -0.05) is 0 Å². The van der Waals surface area contributed by atoms with Gasteiger partial charge >= 0.3 is 6.03 Å². The zero-order chi connectivity index (χ0) is 26.2. The lowest BCUT2D eigenvalue weighted by molar-refractivity contribution is 0.183. The van der Waals surface area contributed by atoms with Gasteiger partial charge in [0.2, 0.25) is 5.95 Å². The average Bonchev–Trinajstić information content (AvgIpc) is 3.68. The molecule has 9 nitrogen and oxygen atoms in total. The summed E-state index contributed by atoms with van der Waals surface area (Å²) in [5, 5.41) is 13.8. The van der Waals surface area contributed by atoms with Crippen molar-refractivity contribution in [2.45, 2.75) is 69.5 Å². The molecule has 6 rings (SSSR count). The summed E-state index contributed by atoms with van der Waals surface area (Å²) in [5.74, 6) is 1.00. The summed E-state index contributed by atoms with van der Waals surface area (Å²) in [7, 11) is 2.01. The molecule has 1 aromatic carbocycles. The number of fused-ring (bicyclic) bond motifs is 1. The molecule has 11 heteroatoms. The minimum atomic E-state index is -0.873. The van der Waals surface area contributed by atoms with Gasteiger partial charge in [0.15, 0.2) is 17.5 Å². The maximum absolute atomic E-state index is 13.7. The highest BCUT2D eigenvalue weighted by atomic mass is 19.2. The molecule has 0 radical (unpaired) electrons. The highest BCUT2D eigenvalue weighted by Gasteiger charge is 2.29. The molecule has 2 aliphatic carbocycles. The SMILES string of the molecule is CN(c1nccc(Nc2cc(C3CC3)[nH]n2)n1)C1CCC(NC(=O)N2CCc3cc(F)c(F)cc3C2)CC1. The van der Waals surface area contributed by atoms with Crippen molar-refractivity contribution in [1.29, 1.82) is 0 Å². The van der Waals surface area contributed by atoms with E-state index in [1.54, 1.807) is 11.1 Å². The minimum Gasteiger partial charge on any atom is -0.341 e. The van der Waals surface area contributed by atoms with Crippen molar-refractivity contribution < 1.29 is 13.6 Å². The van der Waals surface area contributed by atoms with Gasteiger partial charge < -0.3 is 20.4 Å². The van der Waals surface area contributed by atoms with Crippen LogP contribution in [0.15, 0.2) is 30.5 Å². The summed E-state index contributed by atoms with van der Waals surface area (Å²) in [5.41, 5.74) is 2.60. The van der Waals surface area contributed by atoms with Crippen LogP contribution in [-0.4, -0.2) is 56.8 Å². The molecule has 3 N–H and O–H groups in total. The number of nitrogens with one attached hydrogen (secondary N) is 3. The lowest BCUT2D eigenvalue weighted by atomic mass is 9.90. The maximum Gasteiger partial charge on any atom is 0.317 e. The van der Waals surface area contributed by atoms with Crippen molar-refractivity contribution in [1.82, 2.24) is 30.4 Å². The highest BCUT2D eigenvalue weighted by Crippen LogP contribution is 2.39. The van der Waals surface area contributed by atoms with Crippen LogP contribution in [0.3, 0.4) is 0 Å². The fourth-order valence-electron chi connectivity index (χ4n) is 5.48. The van der Waals surface area contributed by atoms with E-state index in [1.165, 1.54) is 25.0 Å². The van der Waals surface area contributed by atoms with E-state index in [2.05, 4.69) is 30.7 Å². The summed E-state index contributed by atoms with van der Waals surface area (Å²) in [6.07, 6.45) is 8.20. The smallest absolute Gasteiger partial charge is 0.317 e. The molecule has 3 heterocycles. The summed E-state index contributed by atoms with van der Waals surface area (Å²) in [4.78, 5) is 25.9. The van der Waals surface area contributed by atoms with E-state index in [9.17, 15) is 13.6 Å². The first-order valence-electron chi connectivity index (χ1n) is 13.3. The van der Waals surface area contributed by atoms with E-state index >= 15 is 0 Å². The number of urea groups is 1. The van der Waals surface area contributed by atoms with Crippen molar-refractivity contribution in [3.05, 3.63) is 58.9 Å². The molecule has 0 saturated heterocycles. The molecule has 0 atom stereocenters. The topological polar surface area (TPSA) is 102 Å². The average molecular weight is 523 g/mol. The first kappa shape index (κ1) is 24.6. The van der Waals surface area contributed by atoms with Crippen LogP contribution in [0.4, 0.5) is 31.2 Å². The third-order valence-electron chi connectivity index (χ3n) is 7.94. The number of carbonyl (C=O) groups is 1. The van der Waals surface area contributed by atoms with E-state index < -0.39 is 11.6 Å². The Morgan fingerprint density at radius 3 is 2.58 bits per heavy atom. The Morgan fingerprint density at radius 1 is 1.05 bits per heavy atom. The molecule has 0 unspecified atom stereocenters. The van der Waals surface area contributed by atoms with Crippen molar-refractivity contribution in [3.63, 3.8) is 0 Å². The quantitative estimate of drug-likeness (QED) is 0.437. The van der Waals surface area contributed by atoms with Gasteiger partial charge in [-0.15, -0.1) is 0 Å². The third-order valence-corrected chi connectivity index (χ3v) is 7.94. The number of nitrogens with zero attached hydrogens (tertiary/aromatic N) is 5. The minimum absolute atomic E-state index is 0.0766. The van der Waals surface area contributed by atoms with E-state index in [0.29, 0.717) is 42.8 Å². The monoisotopic (exact) mass is 522 g/mol.